The summed E-state index contributed by atoms with van der Waals surface area (Å²) in [4.78, 5) is 12.4. The molecule has 0 bridgehead atoms. The number of hydrogen-bond donors (Lipinski definition) is 1. The molecule has 1 N–H and O–H groups in total. The van der Waals surface area contributed by atoms with Crippen molar-refractivity contribution in [2.45, 2.75) is 32.0 Å². The maximum Gasteiger partial charge on any atom is 0.234 e. The van der Waals surface area contributed by atoms with Crippen molar-refractivity contribution < 1.29 is 4.79 Å². The third-order valence-corrected chi connectivity index (χ3v) is 5.86. The smallest absolute Gasteiger partial charge is 0.234 e. The minimum absolute atomic E-state index is 0.136. The van der Waals surface area contributed by atoms with Gasteiger partial charge in [-0.3, -0.25) is 4.79 Å². The van der Waals surface area contributed by atoms with Crippen molar-refractivity contribution in [3.63, 3.8) is 0 Å². The van der Waals surface area contributed by atoms with Crippen LogP contribution in [0.4, 0.5) is 5.69 Å². The monoisotopic (exact) mass is 492 g/mol. The standard InChI is InChI=1S/C21H22BrClN4OS/c1-14(2)12-27-19(10-15-6-4-3-5-7-15)25-26-21(27)29-13-20(28)24-18-9-8-16(22)11-17(18)23/h3-9,11,14H,10,12-13H2,1-2H3,(H,24,28). The number of anilines is 1. The average molecular weight is 494 g/mol. The Morgan fingerprint density at radius 1 is 1.21 bits per heavy atom. The van der Waals surface area contributed by atoms with Crippen LogP contribution in [0, 0.1) is 5.92 Å². The van der Waals surface area contributed by atoms with Gasteiger partial charge in [-0.05, 0) is 29.7 Å². The van der Waals surface area contributed by atoms with E-state index in [1.54, 1.807) is 12.1 Å². The van der Waals surface area contributed by atoms with Crippen molar-refractivity contribution in [3.8, 4) is 0 Å². The van der Waals surface area contributed by atoms with E-state index in [1.807, 2.05) is 24.3 Å². The lowest BCUT2D eigenvalue weighted by molar-refractivity contribution is -0.113. The summed E-state index contributed by atoms with van der Waals surface area (Å²) in [5.41, 5.74) is 1.78. The molecular weight excluding hydrogens is 472 g/mol. The quantitative estimate of drug-likeness (QED) is 0.411. The summed E-state index contributed by atoms with van der Waals surface area (Å²) in [6.07, 6.45) is 0.710. The molecule has 0 radical (unpaired) electrons. The highest BCUT2D eigenvalue weighted by molar-refractivity contribution is 9.10. The molecule has 0 fully saturated rings. The number of nitrogens with one attached hydrogen (secondary N) is 1. The summed E-state index contributed by atoms with van der Waals surface area (Å²) in [6.45, 7) is 5.11. The normalized spacial score (nSPS) is 11.1. The third-order valence-electron chi connectivity index (χ3n) is 4.08. The minimum atomic E-state index is -0.136. The minimum Gasteiger partial charge on any atom is -0.324 e. The summed E-state index contributed by atoms with van der Waals surface area (Å²) in [6, 6.07) is 15.6. The van der Waals surface area contributed by atoms with E-state index >= 15 is 0 Å². The van der Waals surface area contributed by atoms with E-state index in [1.165, 1.54) is 17.3 Å². The predicted molar refractivity (Wildman–Crippen MR) is 123 cm³/mol. The summed E-state index contributed by atoms with van der Waals surface area (Å²) < 4.78 is 2.98. The van der Waals surface area contributed by atoms with Crippen molar-refractivity contribution in [1.82, 2.24) is 14.8 Å². The molecule has 0 atom stereocenters. The van der Waals surface area contributed by atoms with Gasteiger partial charge in [-0.2, -0.15) is 0 Å². The van der Waals surface area contributed by atoms with Gasteiger partial charge in [-0.1, -0.05) is 83.5 Å². The Morgan fingerprint density at radius 3 is 2.66 bits per heavy atom. The molecule has 1 aromatic heterocycles. The molecule has 5 nitrogen and oxygen atoms in total. The Bertz CT molecular complexity index is 978. The number of rotatable bonds is 8. The maximum atomic E-state index is 12.4. The van der Waals surface area contributed by atoms with Gasteiger partial charge in [-0.25, -0.2) is 0 Å². The molecular formula is C21H22BrClN4OS. The molecule has 152 valence electrons. The van der Waals surface area contributed by atoms with E-state index in [9.17, 15) is 4.79 Å². The van der Waals surface area contributed by atoms with Gasteiger partial charge in [0.05, 0.1) is 16.5 Å². The van der Waals surface area contributed by atoms with Crippen LogP contribution >= 0.6 is 39.3 Å². The molecule has 0 aliphatic rings. The van der Waals surface area contributed by atoms with Crippen LogP contribution in [0.2, 0.25) is 5.02 Å². The van der Waals surface area contributed by atoms with Crippen molar-refractivity contribution in [2.24, 2.45) is 5.92 Å². The average Bonchev–Trinajstić information content (AvgIpc) is 3.04. The second-order valence-corrected chi connectivity index (χ2v) is 9.29. The lowest BCUT2D eigenvalue weighted by Crippen LogP contribution is -2.16. The van der Waals surface area contributed by atoms with Crippen LogP contribution in [0.3, 0.4) is 0 Å². The van der Waals surface area contributed by atoms with E-state index in [4.69, 9.17) is 11.6 Å². The largest absolute Gasteiger partial charge is 0.324 e. The van der Waals surface area contributed by atoms with Gasteiger partial charge < -0.3 is 9.88 Å². The zero-order chi connectivity index (χ0) is 20.8. The number of nitrogens with zero attached hydrogens (tertiary/aromatic N) is 3. The second kappa shape index (κ2) is 10.3. The van der Waals surface area contributed by atoms with Gasteiger partial charge in [0.1, 0.15) is 5.82 Å². The number of halogens is 2. The zero-order valence-corrected chi connectivity index (χ0v) is 19.4. The Balaban J connectivity index is 1.68. The first-order valence-electron chi connectivity index (χ1n) is 9.26. The van der Waals surface area contributed by atoms with Crippen LogP contribution in [-0.4, -0.2) is 26.4 Å². The van der Waals surface area contributed by atoms with Crippen LogP contribution in [0.25, 0.3) is 0 Å². The summed E-state index contributed by atoms with van der Waals surface area (Å²) in [5, 5.41) is 12.8. The molecule has 1 amide bonds. The first kappa shape index (κ1) is 21.9. The van der Waals surface area contributed by atoms with Crippen molar-refractivity contribution in [3.05, 3.63) is 69.4 Å². The topological polar surface area (TPSA) is 59.8 Å². The molecule has 3 rings (SSSR count). The molecule has 8 heteroatoms. The van der Waals surface area contributed by atoms with Gasteiger partial charge in [0.25, 0.3) is 0 Å². The lowest BCUT2D eigenvalue weighted by Gasteiger charge is -2.13. The summed E-state index contributed by atoms with van der Waals surface area (Å²) in [7, 11) is 0. The molecule has 29 heavy (non-hydrogen) atoms. The highest BCUT2D eigenvalue weighted by Gasteiger charge is 2.16. The second-order valence-electron chi connectivity index (χ2n) is 7.03. The Kier molecular flexibility index (Phi) is 7.75. The molecule has 0 spiro atoms. The van der Waals surface area contributed by atoms with Crippen molar-refractivity contribution in [1.29, 1.82) is 0 Å². The molecule has 0 saturated carbocycles. The van der Waals surface area contributed by atoms with E-state index in [-0.39, 0.29) is 11.7 Å². The predicted octanol–water partition coefficient (Wildman–Crippen LogP) is 5.67. The summed E-state index contributed by atoms with van der Waals surface area (Å²) in [5.74, 6) is 1.44. The number of amides is 1. The first-order valence-corrected chi connectivity index (χ1v) is 11.4. The van der Waals surface area contributed by atoms with Gasteiger partial charge in [0.15, 0.2) is 5.16 Å². The van der Waals surface area contributed by atoms with Gasteiger partial charge in [0, 0.05) is 17.4 Å². The Morgan fingerprint density at radius 2 is 1.97 bits per heavy atom. The summed E-state index contributed by atoms with van der Waals surface area (Å²) >= 11 is 10.9. The van der Waals surface area contributed by atoms with Crippen LogP contribution < -0.4 is 5.32 Å². The van der Waals surface area contributed by atoms with E-state index in [2.05, 4.69) is 62.0 Å². The zero-order valence-electron chi connectivity index (χ0n) is 16.2. The number of hydrogen-bond acceptors (Lipinski definition) is 4. The number of carbonyl (C=O) groups is 1. The molecule has 0 aliphatic heterocycles. The van der Waals surface area contributed by atoms with E-state index in [0.717, 1.165) is 22.0 Å². The first-order chi connectivity index (χ1) is 13.9. The van der Waals surface area contributed by atoms with Gasteiger partial charge in [0.2, 0.25) is 5.91 Å². The Labute approximate surface area is 188 Å². The lowest BCUT2D eigenvalue weighted by atomic mass is 10.1. The molecule has 2 aromatic carbocycles. The molecule has 0 aliphatic carbocycles. The number of thioether (sulfide) groups is 1. The highest BCUT2D eigenvalue weighted by atomic mass is 79.9. The highest BCUT2D eigenvalue weighted by Crippen LogP contribution is 2.26. The fourth-order valence-corrected chi connectivity index (χ4v) is 4.28. The van der Waals surface area contributed by atoms with Crippen LogP contribution in [0.1, 0.15) is 25.2 Å². The van der Waals surface area contributed by atoms with Crippen LogP contribution in [-0.2, 0) is 17.8 Å². The molecule has 0 saturated heterocycles. The maximum absolute atomic E-state index is 12.4. The van der Waals surface area contributed by atoms with Crippen LogP contribution in [0.15, 0.2) is 58.2 Å². The molecule has 0 unspecified atom stereocenters. The van der Waals surface area contributed by atoms with E-state index < -0.39 is 0 Å². The molecule has 3 aromatic rings. The number of carbonyl (C=O) groups excluding carboxylic acids is 1. The SMILES string of the molecule is CC(C)Cn1c(Cc2ccccc2)nnc1SCC(=O)Nc1ccc(Br)cc1Cl. The number of benzene rings is 2. The third kappa shape index (κ3) is 6.32. The van der Waals surface area contributed by atoms with Crippen LogP contribution in [0.5, 0.6) is 0 Å². The fourth-order valence-electron chi connectivity index (χ4n) is 2.79. The van der Waals surface area contributed by atoms with Gasteiger partial charge >= 0.3 is 0 Å². The van der Waals surface area contributed by atoms with E-state index in [0.29, 0.717) is 23.0 Å². The Hall–Kier alpha value is -1.83. The van der Waals surface area contributed by atoms with Crippen molar-refractivity contribution >= 4 is 50.9 Å². The molecule has 1 heterocycles. The van der Waals surface area contributed by atoms with Crippen molar-refractivity contribution in [2.75, 3.05) is 11.1 Å². The number of aromatic nitrogens is 3. The fraction of sp³-hybridized carbons (Fsp3) is 0.286. The van der Waals surface area contributed by atoms with Gasteiger partial charge in [-0.15, -0.1) is 10.2 Å².